The van der Waals surface area contributed by atoms with Gasteiger partial charge < -0.3 is 20.3 Å². The van der Waals surface area contributed by atoms with Crippen molar-refractivity contribution in [3.63, 3.8) is 0 Å². The van der Waals surface area contributed by atoms with Gasteiger partial charge in [-0.15, -0.1) is 35.3 Å². The van der Waals surface area contributed by atoms with Gasteiger partial charge in [-0.3, -0.25) is 4.99 Å². The molecule has 9 heteroatoms. The Bertz CT molecular complexity index is 800. The lowest BCUT2D eigenvalue weighted by atomic mass is 10.2. The Labute approximate surface area is 200 Å². The maximum absolute atomic E-state index is 5.80. The fourth-order valence-electron chi connectivity index (χ4n) is 3.31. The smallest absolute Gasteiger partial charge is 0.191 e. The van der Waals surface area contributed by atoms with Crippen LogP contribution in [0.2, 0.25) is 0 Å². The van der Waals surface area contributed by atoms with E-state index in [4.69, 9.17) is 4.74 Å². The molecule has 2 aromatic rings. The van der Waals surface area contributed by atoms with Crippen molar-refractivity contribution in [1.29, 1.82) is 0 Å². The van der Waals surface area contributed by atoms with Crippen LogP contribution < -0.4 is 15.5 Å². The predicted octanol–water partition coefficient (Wildman–Crippen LogP) is 3.76. The van der Waals surface area contributed by atoms with Crippen LogP contribution in [0.5, 0.6) is 0 Å². The van der Waals surface area contributed by atoms with Gasteiger partial charge in [-0.25, -0.2) is 9.97 Å². The van der Waals surface area contributed by atoms with Crippen molar-refractivity contribution in [3.05, 3.63) is 40.0 Å². The van der Waals surface area contributed by atoms with E-state index in [-0.39, 0.29) is 36.2 Å². The van der Waals surface area contributed by atoms with Gasteiger partial charge in [-0.05, 0) is 31.4 Å². The lowest BCUT2D eigenvalue weighted by Crippen LogP contribution is -2.45. The van der Waals surface area contributed by atoms with E-state index in [1.54, 1.807) is 18.4 Å². The Hall–Kier alpha value is -1.46. The summed E-state index contributed by atoms with van der Waals surface area (Å²) in [6.45, 7) is 11.6. The number of aromatic nitrogens is 2. The third kappa shape index (κ3) is 7.05. The van der Waals surface area contributed by atoms with Crippen LogP contribution in [0.15, 0.2) is 28.7 Å². The van der Waals surface area contributed by atoms with Crippen LogP contribution in [0.3, 0.4) is 0 Å². The van der Waals surface area contributed by atoms with Crippen molar-refractivity contribution >= 4 is 47.1 Å². The zero-order chi connectivity index (χ0) is 20.8. The van der Waals surface area contributed by atoms with E-state index >= 15 is 0 Å². The number of hydrogen-bond acceptors (Lipinski definition) is 6. The van der Waals surface area contributed by atoms with Gasteiger partial charge in [-0.1, -0.05) is 19.9 Å². The summed E-state index contributed by atoms with van der Waals surface area (Å²) in [4.78, 5) is 15.9. The van der Waals surface area contributed by atoms with Crippen molar-refractivity contribution in [3.8, 4) is 0 Å². The van der Waals surface area contributed by atoms with Crippen LogP contribution in [0.4, 0.5) is 5.82 Å². The molecule has 0 amide bonds. The van der Waals surface area contributed by atoms with E-state index in [0.717, 1.165) is 41.1 Å². The van der Waals surface area contributed by atoms with Crippen molar-refractivity contribution < 1.29 is 4.74 Å². The summed E-state index contributed by atoms with van der Waals surface area (Å²) in [5.74, 6) is 2.21. The number of morpholine rings is 1. The molecule has 166 valence electrons. The third-order valence-corrected chi connectivity index (χ3v) is 5.67. The van der Waals surface area contributed by atoms with Crippen molar-refractivity contribution in [2.45, 2.75) is 58.9 Å². The summed E-state index contributed by atoms with van der Waals surface area (Å²) in [6.07, 6.45) is 2.38. The molecule has 30 heavy (non-hydrogen) atoms. The molecule has 2 aromatic heterocycles. The predicted molar refractivity (Wildman–Crippen MR) is 135 cm³/mol. The Morgan fingerprint density at radius 3 is 2.50 bits per heavy atom. The van der Waals surface area contributed by atoms with Gasteiger partial charge in [0.05, 0.1) is 24.4 Å². The molecule has 1 aliphatic heterocycles. The Morgan fingerprint density at radius 2 is 1.93 bits per heavy atom. The molecule has 0 bridgehead atoms. The van der Waals surface area contributed by atoms with Gasteiger partial charge in [0.25, 0.3) is 0 Å². The highest BCUT2D eigenvalue weighted by atomic mass is 127. The lowest BCUT2D eigenvalue weighted by Gasteiger charge is -2.36. The molecule has 1 fully saturated rings. The molecule has 0 radical (unpaired) electrons. The monoisotopic (exact) mass is 544 g/mol. The van der Waals surface area contributed by atoms with Crippen LogP contribution in [0.25, 0.3) is 0 Å². The van der Waals surface area contributed by atoms with E-state index in [1.807, 2.05) is 6.20 Å². The zero-order valence-electron chi connectivity index (χ0n) is 18.4. The maximum Gasteiger partial charge on any atom is 0.191 e. The molecular formula is C21H33IN6OS. The first kappa shape index (κ1) is 24.8. The summed E-state index contributed by atoms with van der Waals surface area (Å²) in [7, 11) is 1.78. The molecule has 0 saturated carbocycles. The number of hydrogen-bond donors (Lipinski definition) is 2. The van der Waals surface area contributed by atoms with E-state index in [2.05, 4.69) is 75.7 Å². The number of nitrogens with zero attached hydrogens (tertiary/aromatic N) is 4. The minimum atomic E-state index is 0. The molecule has 1 saturated heterocycles. The molecule has 3 rings (SSSR count). The number of halogens is 1. The second-order valence-corrected chi connectivity index (χ2v) is 8.73. The van der Waals surface area contributed by atoms with Crippen molar-refractivity contribution in [1.82, 2.24) is 20.6 Å². The standard InChI is InChI=1S/C21H32N6OS.HI/c1-14(2)18-13-29-20(26-18)10-25-21(22-5)24-9-17-6-7-19(23-8-17)27-11-15(3)28-16(4)12-27;/h6-8,13-16H,9-12H2,1-5H3,(H2,22,24,25);1H. The fourth-order valence-corrected chi connectivity index (χ4v) is 4.21. The number of anilines is 1. The average Bonchev–Trinajstić information content (AvgIpc) is 3.17. The van der Waals surface area contributed by atoms with Crippen molar-refractivity contribution in [2.75, 3.05) is 25.0 Å². The Balaban J connectivity index is 0.00000320. The van der Waals surface area contributed by atoms with Crippen LogP contribution in [-0.2, 0) is 17.8 Å². The summed E-state index contributed by atoms with van der Waals surface area (Å²) >= 11 is 1.68. The largest absolute Gasteiger partial charge is 0.372 e. The quantitative estimate of drug-likeness (QED) is 0.328. The van der Waals surface area contributed by atoms with E-state index < -0.39 is 0 Å². The summed E-state index contributed by atoms with van der Waals surface area (Å²) in [6, 6.07) is 4.20. The topological polar surface area (TPSA) is 74.7 Å². The lowest BCUT2D eigenvalue weighted by molar-refractivity contribution is -0.00545. The highest BCUT2D eigenvalue weighted by Gasteiger charge is 2.22. The van der Waals surface area contributed by atoms with Crippen LogP contribution in [0.1, 0.15) is 49.9 Å². The van der Waals surface area contributed by atoms with Crippen LogP contribution >= 0.6 is 35.3 Å². The number of rotatable bonds is 6. The number of guanidine groups is 1. The molecule has 0 spiro atoms. The minimum Gasteiger partial charge on any atom is -0.372 e. The Kier molecular flexibility index (Phi) is 9.76. The zero-order valence-corrected chi connectivity index (χ0v) is 21.5. The van der Waals surface area contributed by atoms with Gasteiger partial charge in [0, 0.05) is 38.3 Å². The average molecular weight is 545 g/mol. The number of pyridine rings is 1. The third-order valence-electron chi connectivity index (χ3n) is 4.80. The van der Waals surface area contributed by atoms with Crippen LogP contribution in [0, 0.1) is 0 Å². The molecule has 7 nitrogen and oxygen atoms in total. The van der Waals surface area contributed by atoms with Gasteiger partial charge >= 0.3 is 0 Å². The number of nitrogens with one attached hydrogen (secondary N) is 2. The minimum absolute atomic E-state index is 0. The number of thiazole rings is 1. The second-order valence-electron chi connectivity index (χ2n) is 7.79. The summed E-state index contributed by atoms with van der Waals surface area (Å²) in [5, 5.41) is 9.86. The van der Waals surface area contributed by atoms with E-state index in [0.29, 0.717) is 19.0 Å². The van der Waals surface area contributed by atoms with Crippen LogP contribution in [-0.4, -0.2) is 48.3 Å². The van der Waals surface area contributed by atoms with Gasteiger partial charge in [0.2, 0.25) is 0 Å². The first-order chi connectivity index (χ1) is 13.9. The van der Waals surface area contributed by atoms with Gasteiger partial charge in [-0.2, -0.15) is 0 Å². The second kappa shape index (κ2) is 11.8. The molecule has 3 heterocycles. The molecule has 0 aliphatic carbocycles. The van der Waals surface area contributed by atoms with Gasteiger partial charge in [0.1, 0.15) is 10.8 Å². The summed E-state index contributed by atoms with van der Waals surface area (Å²) < 4.78 is 5.80. The SMILES string of the molecule is CN=C(NCc1ccc(N2CC(C)OC(C)C2)nc1)NCc1nc(C(C)C)cs1.I. The first-order valence-corrected chi connectivity index (χ1v) is 11.1. The number of ether oxygens (including phenoxy) is 1. The summed E-state index contributed by atoms with van der Waals surface area (Å²) in [5.41, 5.74) is 2.26. The molecule has 2 atom stereocenters. The van der Waals surface area contributed by atoms with Crippen molar-refractivity contribution in [2.24, 2.45) is 4.99 Å². The molecule has 0 aromatic carbocycles. The molecular weight excluding hydrogens is 511 g/mol. The highest BCUT2D eigenvalue weighted by molar-refractivity contribution is 14.0. The Morgan fingerprint density at radius 1 is 1.23 bits per heavy atom. The normalized spacial score (nSPS) is 19.5. The highest BCUT2D eigenvalue weighted by Crippen LogP contribution is 2.19. The van der Waals surface area contributed by atoms with Gasteiger partial charge in [0.15, 0.2) is 5.96 Å². The van der Waals surface area contributed by atoms with E-state index in [1.165, 1.54) is 0 Å². The molecule has 2 unspecified atom stereocenters. The molecule has 2 N–H and O–H groups in total. The first-order valence-electron chi connectivity index (χ1n) is 10.2. The number of aliphatic imine (C=N–C) groups is 1. The molecule has 1 aliphatic rings. The van der Waals surface area contributed by atoms with E-state index in [9.17, 15) is 0 Å². The maximum atomic E-state index is 5.80. The fraction of sp³-hybridized carbons (Fsp3) is 0.571.